The van der Waals surface area contributed by atoms with Gasteiger partial charge in [0, 0.05) is 19.7 Å². The van der Waals surface area contributed by atoms with Gasteiger partial charge in [0.2, 0.25) is 5.88 Å². The Bertz CT molecular complexity index is 266. The van der Waals surface area contributed by atoms with Crippen molar-refractivity contribution in [2.45, 2.75) is 18.9 Å². The highest BCUT2D eigenvalue weighted by Gasteiger charge is 2.15. The lowest BCUT2D eigenvalue weighted by molar-refractivity contribution is 0.153. The van der Waals surface area contributed by atoms with Crippen molar-refractivity contribution in [1.29, 1.82) is 0 Å². The van der Waals surface area contributed by atoms with E-state index in [0.717, 1.165) is 25.4 Å². The van der Waals surface area contributed by atoms with Gasteiger partial charge >= 0.3 is 0 Å². The monoisotopic (exact) mass is 181 g/mol. The quantitative estimate of drug-likeness (QED) is 0.724. The molecule has 1 atom stereocenters. The van der Waals surface area contributed by atoms with Gasteiger partial charge in [-0.15, -0.1) is 0 Å². The third kappa shape index (κ3) is 2.01. The van der Waals surface area contributed by atoms with Gasteiger partial charge in [-0.1, -0.05) is 0 Å². The van der Waals surface area contributed by atoms with Crippen molar-refractivity contribution < 1.29 is 4.74 Å². The number of ether oxygens (including phenoxy) is 1. The Balaban J connectivity index is 1.93. The summed E-state index contributed by atoms with van der Waals surface area (Å²) in [6.45, 7) is 2.07. The molecule has 1 aromatic heterocycles. The molecule has 1 unspecified atom stereocenters. The molecule has 0 spiro atoms. The van der Waals surface area contributed by atoms with Crippen LogP contribution in [0.25, 0.3) is 0 Å². The zero-order chi connectivity index (χ0) is 9.10. The minimum absolute atomic E-state index is 0.309. The van der Waals surface area contributed by atoms with Crippen molar-refractivity contribution in [1.82, 2.24) is 15.1 Å². The van der Waals surface area contributed by atoms with Crippen LogP contribution < -0.4 is 10.1 Å². The lowest BCUT2D eigenvalue weighted by Crippen LogP contribution is -2.37. The lowest BCUT2D eigenvalue weighted by Gasteiger charge is -2.23. The Morgan fingerprint density at radius 1 is 1.69 bits per heavy atom. The first-order valence-corrected chi connectivity index (χ1v) is 4.71. The molecule has 1 N–H and O–H groups in total. The van der Waals surface area contributed by atoms with Crippen LogP contribution in [0.4, 0.5) is 0 Å². The van der Waals surface area contributed by atoms with Crippen molar-refractivity contribution in [3.8, 4) is 5.88 Å². The Morgan fingerprint density at radius 3 is 3.23 bits per heavy atom. The fourth-order valence-electron chi connectivity index (χ4n) is 1.57. The molecule has 1 aliphatic heterocycles. The molecular formula is C9H15N3O. The smallest absolute Gasteiger partial charge is 0.211 e. The molecule has 2 rings (SSSR count). The molecule has 13 heavy (non-hydrogen) atoms. The van der Waals surface area contributed by atoms with Gasteiger partial charge in [-0.3, -0.25) is 0 Å². The highest BCUT2D eigenvalue weighted by Crippen LogP contribution is 2.13. The van der Waals surface area contributed by atoms with Gasteiger partial charge in [0.1, 0.15) is 6.10 Å². The minimum Gasteiger partial charge on any atom is -0.473 e. The van der Waals surface area contributed by atoms with Gasteiger partial charge in [0.05, 0.1) is 6.20 Å². The number of aryl methyl sites for hydroxylation is 1. The fraction of sp³-hybridized carbons (Fsp3) is 0.667. The Morgan fingerprint density at radius 2 is 2.62 bits per heavy atom. The average molecular weight is 181 g/mol. The molecule has 4 nitrogen and oxygen atoms in total. The van der Waals surface area contributed by atoms with Crippen LogP contribution in [0.3, 0.4) is 0 Å². The molecule has 1 saturated heterocycles. The number of nitrogens with zero attached hydrogens (tertiary/aromatic N) is 2. The SMILES string of the molecule is Cn1nccc1OC1CCCNC1. The third-order valence-electron chi connectivity index (χ3n) is 2.32. The lowest BCUT2D eigenvalue weighted by atomic mass is 10.1. The van der Waals surface area contributed by atoms with Gasteiger partial charge in [0.15, 0.2) is 0 Å². The molecule has 1 aromatic rings. The van der Waals surface area contributed by atoms with Crippen LogP contribution in [0.15, 0.2) is 12.3 Å². The van der Waals surface area contributed by atoms with Gasteiger partial charge in [0.25, 0.3) is 0 Å². The third-order valence-corrected chi connectivity index (χ3v) is 2.32. The number of aromatic nitrogens is 2. The van der Waals surface area contributed by atoms with Crippen molar-refractivity contribution >= 4 is 0 Å². The van der Waals surface area contributed by atoms with Gasteiger partial charge < -0.3 is 10.1 Å². The highest BCUT2D eigenvalue weighted by atomic mass is 16.5. The molecule has 0 amide bonds. The molecular weight excluding hydrogens is 166 g/mol. The molecule has 72 valence electrons. The molecule has 2 heterocycles. The van der Waals surface area contributed by atoms with E-state index >= 15 is 0 Å². The number of rotatable bonds is 2. The van der Waals surface area contributed by atoms with E-state index in [0.29, 0.717) is 6.10 Å². The van der Waals surface area contributed by atoms with E-state index < -0.39 is 0 Å². The summed E-state index contributed by atoms with van der Waals surface area (Å²) in [5, 5.41) is 7.37. The average Bonchev–Trinajstić information content (AvgIpc) is 2.54. The van der Waals surface area contributed by atoms with Crippen LogP contribution in [0.1, 0.15) is 12.8 Å². The predicted molar refractivity (Wildman–Crippen MR) is 49.7 cm³/mol. The number of hydrogen-bond donors (Lipinski definition) is 1. The van der Waals surface area contributed by atoms with Crippen molar-refractivity contribution in [3.63, 3.8) is 0 Å². The molecule has 0 aliphatic carbocycles. The van der Waals surface area contributed by atoms with Crippen molar-refractivity contribution in [2.24, 2.45) is 7.05 Å². The van der Waals surface area contributed by atoms with Crippen molar-refractivity contribution in [3.05, 3.63) is 12.3 Å². The topological polar surface area (TPSA) is 39.1 Å². The molecule has 0 bridgehead atoms. The van der Waals surface area contributed by atoms with E-state index in [2.05, 4.69) is 10.4 Å². The summed E-state index contributed by atoms with van der Waals surface area (Å²) in [4.78, 5) is 0. The molecule has 1 aliphatic rings. The molecule has 4 heteroatoms. The van der Waals surface area contributed by atoms with Gasteiger partial charge in [-0.2, -0.15) is 5.10 Å². The number of hydrogen-bond acceptors (Lipinski definition) is 3. The molecule has 0 radical (unpaired) electrons. The van der Waals surface area contributed by atoms with E-state index in [9.17, 15) is 0 Å². The summed E-state index contributed by atoms with van der Waals surface area (Å²) in [7, 11) is 1.89. The van der Waals surface area contributed by atoms with Crippen LogP contribution in [0.5, 0.6) is 5.88 Å². The highest BCUT2D eigenvalue weighted by molar-refractivity contribution is 5.07. The van der Waals surface area contributed by atoms with E-state index in [4.69, 9.17) is 4.74 Å². The van der Waals surface area contributed by atoms with E-state index in [1.165, 1.54) is 6.42 Å². The summed E-state index contributed by atoms with van der Waals surface area (Å²) in [5.74, 6) is 0.855. The first kappa shape index (κ1) is 8.56. The second kappa shape index (κ2) is 3.79. The van der Waals surface area contributed by atoms with Crippen LogP contribution in [0.2, 0.25) is 0 Å². The van der Waals surface area contributed by atoms with E-state index in [1.807, 2.05) is 13.1 Å². The van der Waals surface area contributed by atoms with Crippen LogP contribution in [0, 0.1) is 0 Å². The Labute approximate surface area is 77.9 Å². The summed E-state index contributed by atoms with van der Waals surface area (Å²) in [6.07, 6.45) is 4.40. The zero-order valence-electron chi connectivity index (χ0n) is 7.86. The maximum absolute atomic E-state index is 5.76. The van der Waals surface area contributed by atoms with Gasteiger partial charge in [-0.05, 0) is 19.4 Å². The Hall–Kier alpha value is -1.03. The van der Waals surface area contributed by atoms with Crippen LogP contribution in [-0.2, 0) is 7.05 Å². The van der Waals surface area contributed by atoms with Gasteiger partial charge in [-0.25, -0.2) is 4.68 Å². The van der Waals surface area contributed by atoms with E-state index in [-0.39, 0.29) is 0 Å². The first-order chi connectivity index (χ1) is 6.36. The fourth-order valence-corrected chi connectivity index (χ4v) is 1.57. The van der Waals surface area contributed by atoms with E-state index in [1.54, 1.807) is 10.9 Å². The summed E-state index contributed by atoms with van der Waals surface area (Å²) < 4.78 is 7.52. The standard InChI is InChI=1S/C9H15N3O/c1-12-9(4-6-11-12)13-8-3-2-5-10-7-8/h4,6,8,10H,2-3,5,7H2,1H3. The molecule has 0 saturated carbocycles. The molecule has 1 fully saturated rings. The Kier molecular flexibility index (Phi) is 2.49. The maximum Gasteiger partial charge on any atom is 0.211 e. The molecule has 0 aromatic carbocycles. The largest absolute Gasteiger partial charge is 0.473 e. The minimum atomic E-state index is 0.309. The summed E-state index contributed by atoms with van der Waals surface area (Å²) in [5.41, 5.74) is 0. The number of nitrogens with one attached hydrogen (secondary N) is 1. The summed E-state index contributed by atoms with van der Waals surface area (Å²) in [6, 6.07) is 1.90. The summed E-state index contributed by atoms with van der Waals surface area (Å²) >= 11 is 0. The van der Waals surface area contributed by atoms with Crippen molar-refractivity contribution in [2.75, 3.05) is 13.1 Å². The van der Waals surface area contributed by atoms with Crippen LogP contribution in [-0.4, -0.2) is 29.0 Å². The zero-order valence-corrected chi connectivity index (χ0v) is 7.86. The second-order valence-corrected chi connectivity index (χ2v) is 3.38. The normalized spacial score (nSPS) is 23.0. The second-order valence-electron chi connectivity index (χ2n) is 3.38. The number of piperidine rings is 1. The first-order valence-electron chi connectivity index (χ1n) is 4.71. The maximum atomic E-state index is 5.76. The predicted octanol–water partition coefficient (Wildman–Crippen LogP) is 0.551. The van der Waals surface area contributed by atoms with Crippen LogP contribution >= 0.6 is 0 Å².